The number of carboxylic acid groups (broad SMARTS) is 1. The van der Waals surface area contributed by atoms with E-state index in [2.05, 4.69) is 0 Å². The van der Waals surface area contributed by atoms with Crippen LogP contribution in [0, 0.1) is 17.7 Å². The lowest BCUT2D eigenvalue weighted by Gasteiger charge is -2.25. The van der Waals surface area contributed by atoms with E-state index in [9.17, 15) is 22.4 Å². The summed E-state index contributed by atoms with van der Waals surface area (Å²) in [5, 5.41) is 9.10. The molecule has 138 valence electrons. The zero-order valence-electron chi connectivity index (χ0n) is 13.6. The van der Waals surface area contributed by atoms with Crippen LogP contribution >= 0.6 is 0 Å². The number of nitrogens with zero attached hydrogens (tertiary/aromatic N) is 2. The number of alkyl halides is 3. The minimum Gasteiger partial charge on any atom is -0.481 e. The summed E-state index contributed by atoms with van der Waals surface area (Å²) in [5.41, 5.74) is 1.04. The van der Waals surface area contributed by atoms with Gasteiger partial charge in [-0.3, -0.25) is 9.69 Å². The maximum absolute atomic E-state index is 14.4. The van der Waals surface area contributed by atoms with E-state index in [1.165, 1.54) is 11.0 Å². The summed E-state index contributed by atoms with van der Waals surface area (Å²) in [6.45, 7) is 0.912. The van der Waals surface area contributed by atoms with Crippen molar-refractivity contribution in [3.63, 3.8) is 0 Å². The molecule has 0 spiro atoms. The second kappa shape index (κ2) is 6.82. The number of carboxylic acids is 1. The van der Waals surface area contributed by atoms with Gasteiger partial charge < -0.3 is 10.0 Å². The molecule has 2 saturated heterocycles. The molecule has 1 aromatic carbocycles. The number of carbonyl (C=O) groups is 1. The molecule has 8 heteroatoms. The molecule has 0 aromatic heterocycles. The Kier molecular flexibility index (Phi) is 4.90. The van der Waals surface area contributed by atoms with Crippen LogP contribution in [0.25, 0.3) is 0 Å². The first-order chi connectivity index (χ1) is 11.8. The number of hydrogen-bond donors (Lipinski definition) is 1. The fraction of sp³-hybridized carbons (Fsp3) is 0.588. The molecule has 4 nitrogen and oxygen atoms in total. The zero-order chi connectivity index (χ0) is 18.2. The van der Waals surface area contributed by atoms with Gasteiger partial charge in [-0.2, -0.15) is 13.2 Å². The Morgan fingerprint density at radius 2 is 1.88 bits per heavy atom. The van der Waals surface area contributed by atoms with Gasteiger partial charge in [-0.1, -0.05) is 6.07 Å². The number of aliphatic carboxylic acids is 1. The van der Waals surface area contributed by atoms with Crippen molar-refractivity contribution in [1.82, 2.24) is 4.90 Å². The number of halogens is 4. The highest BCUT2D eigenvalue weighted by Gasteiger charge is 2.52. The van der Waals surface area contributed by atoms with E-state index >= 15 is 0 Å². The highest BCUT2D eigenvalue weighted by molar-refractivity contribution is 5.71. The second-order valence-electron chi connectivity index (χ2n) is 6.72. The minimum absolute atomic E-state index is 0.0190. The van der Waals surface area contributed by atoms with Crippen LogP contribution in [0.5, 0.6) is 0 Å². The average molecular weight is 360 g/mol. The minimum atomic E-state index is -4.58. The summed E-state index contributed by atoms with van der Waals surface area (Å²) in [6.07, 6.45) is -2.58. The molecular weight excluding hydrogens is 340 g/mol. The third-order valence-electron chi connectivity index (χ3n) is 5.06. The molecule has 1 N–H and O–H groups in total. The van der Waals surface area contributed by atoms with E-state index in [4.69, 9.17) is 5.11 Å². The van der Waals surface area contributed by atoms with Gasteiger partial charge in [0.15, 0.2) is 0 Å². The monoisotopic (exact) mass is 360 g/mol. The molecule has 2 heterocycles. The maximum Gasteiger partial charge on any atom is 0.393 e. The van der Waals surface area contributed by atoms with Crippen molar-refractivity contribution in [1.29, 1.82) is 0 Å². The molecule has 0 amide bonds. The Bertz CT molecular complexity index is 644. The molecule has 25 heavy (non-hydrogen) atoms. The zero-order valence-corrected chi connectivity index (χ0v) is 13.6. The van der Waals surface area contributed by atoms with Gasteiger partial charge in [0.25, 0.3) is 0 Å². The molecule has 0 saturated carbocycles. The van der Waals surface area contributed by atoms with Gasteiger partial charge in [0, 0.05) is 44.0 Å². The van der Waals surface area contributed by atoms with E-state index in [1.807, 2.05) is 4.90 Å². The van der Waals surface area contributed by atoms with E-state index in [0.717, 1.165) is 25.9 Å². The van der Waals surface area contributed by atoms with Gasteiger partial charge in [-0.05, 0) is 25.0 Å². The summed E-state index contributed by atoms with van der Waals surface area (Å²) in [6, 6.07) is 4.66. The Morgan fingerprint density at radius 3 is 2.44 bits per heavy atom. The van der Waals surface area contributed by atoms with Gasteiger partial charge in [0.05, 0.1) is 11.8 Å². The van der Waals surface area contributed by atoms with E-state index < -0.39 is 36.3 Å². The molecule has 2 fully saturated rings. The van der Waals surface area contributed by atoms with Crippen molar-refractivity contribution < 1.29 is 27.5 Å². The maximum atomic E-state index is 14.4. The Hall–Kier alpha value is -1.83. The lowest BCUT2D eigenvalue weighted by molar-refractivity contribution is -0.188. The van der Waals surface area contributed by atoms with Crippen molar-refractivity contribution in [3.8, 4) is 0 Å². The van der Waals surface area contributed by atoms with E-state index in [-0.39, 0.29) is 13.1 Å². The van der Waals surface area contributed by atoms with Crippen molar-refractivity contribution in [2.75, 3.05) is 31.1 Å². The van der Waals surface area contributed by atoms with Crippen LogP contribution in [0.3, 0.4) is 0 Å². The van der Waals surface area contributed by atoms with Gasteiger partial charge in [-0.25, -0.2) is 4.39 Å². The van der Waals surface area contributed by atoms with Gasteiger partial charge in [0.1, 0.15) is 5.82 Å². The first-order valence-corrected chi connectivity index (χ1v) is 8.31. The highest BCUT2D eigenvalue weighted by atomic mass is 19.4. The van der Waals surface area contributed by atoms with Crippen LogP contribution in [-0.4, -0.2) is 48.3 Å². The van der Waals surface area contributed by atoms with Crippen molar-refractivity contribution >= 4 is 11.7 Å². The molecule has 2 atom stereocenters. The molecule has 0 radical (unpaired) electrons. The number of likely N-dealkylation sites (tertiary alicyclic amines) is 1. The van der Waals surface area contributed by atoms with Crippen LogP contribution in [-0.2, 0) is 11.3 Å². The lowest BCUT2D eigenvalue weighted by atomic mass is 9.96. The van der Waals surface area contributed by atoms with Crippen LogP contribution in [0.15, 0.2) is 18.2 Å². The Morgan fingerprint density at radius 1 is 1.20 bits per heavy atom. The molecule has 2 aliphatic heterocycles. The molecule has 1 aromatic rings. The second-order valence-corrected chi connectivity index (χ2v) is 6.72. The van der Waals surface area contributed by atoms with Crippen LogP contribution in [0.4, 0.5) is 23.2 Å². The number of hydrogen-bond acceptors (Lipinski definition) is 3. The quantitative estimate of drug-likeness (QED) is 0.838. The largest absolute Gasteiger partial charge is 0.481 e. The Labute approximate surface area is 143 Å². The lowest BCUT2D eigenvalue weighted by Crippen LogP contribution is -2.33. The van der Waals surface area contributed by atoms with Crippen LogP contribution in [0.2, 0.25) is 0 Å². The van der Waals surface area contributed by atoms with Gasteiger partial charge >= 0.3 is 12.1 Å². The standard InChI is InChI=1S/C17H20F4N2O2/c18-14-4-3-5-15(23-6-1-2-7-23)12(14)9-22-8-11(16(24)25)13(10-22)17(19,20)21/h3-5,11,13H,1-2,6-10H2,(H,24,25)/t11-,13-/m1/s1. The molecule has 0 aliphatic carbocycles. The highest BCUT2D eigenvalue weighted by Crippen LogP contribution is 2.39. The summed E-state index contributed by atoms with van der Waals surface area (Å²) in [5.74, 6) is -5.36. The number of rotatable bonds is 4. The third kappa shape index (κ3) is 3.73. The molecule has 3 rings (SSSR count). The summed E-state index contributed by atoms with van der Waals surface area (Å²) >= 11 is 0. The first-order valence-electron chi connectivity index (χ1n) is 8.31. The van der Waals surface area contributed by atoms with Crippen molar-refractivity contribution in [2.24, 2.45) is 11.8 Å². The summed E-state index contributed by atoms with van der Waals surface area (Å²) in [4.78, 5) is 14.6. The van der Waals surface area contributed by atoms with Gasteiger partial charge in [0.2, 0.25) is 0 Å². The van der Waals surface area contributed by atoms with Crippen LogP contribution in [0.1, 0.15) is 18.4 Å². The SMILES string of the molecule is O=C(O)[C@@H]1CN(Cc2c(F)cccc2N2CCCC2)C[C@H]1C(F)(F)F. The molecule has 2 aliphatic rings. The van der Waals surface area contributed by atoms with Gasteiger partial charge in [-0.15, -0.1) is 0 Å². The van der Waals surface area contributed by atoms with E-state index in [0.29, 0.717) is 11.3 Å². The normalized spacial score (nSPS) is 24.9. The smallest absolute Gasteiger partial charge is 0.393 e. The Balaban J connectivity index is 1.82. The summed E-state index contributed by atoms with van der Waals surface area (Å²) in [7, 11) is 0. The van der Waals surface area contributed by atoms with E-state index in [1.54, 1.807) is 12.1 Å². The predicted molar refractivity (Wildman–Crippen MR) is 83.8 cm³/mol. The molecule has 0 bridgehead atoms. The fourth-order valence-electron chi connectivity index (χ4n) is 3.78. The number of anilines is 1. The first kappa shape index (κ1) is 18.0. The fourth-order valence-corrected chi connectivity index (χ4v) is 3.78. The summed E-state index contributed by atoms with van der Waals surface area (Å²) < 4.78 is 53.7. The van der Waals surface area contributed by atoms with Crippen molar-refractivity contribution in [3.05, 3.63) is 29.6 Å². The molecular formula is C17H20F4N2O2. The topological polar surface area (TPSA) is 43.8 Å². The average Bonchev–Trinajstić information content (AvgIpc) is 3.18. The third-order valence-corrected chi connectivity index (χ3v) is 5.06. The predicted octanol–water partition coefficient (Wildman–Crippen LogP) is 3.12. The number of benzene rings is 1. The van der Waals surface area contributed by atoms with Crippen molar-refractivity contribution in [2.45, 2.75) is 25.6 Å². The molecule has 0 unspecified atom stereocenters. The van der Waals surface area contributed by atoms with Crippen LogP contribution < -0.4 is 4.90 Å².